The van der Waals surface area contributed by atoms with Crippen molar-refractivity contribution in [3.05, 3.63) is 57.9 Å². The van der Waals surface area contributed by atoms with E-state index in [0.717, 1.165) is 16.9 Å². The van der Waals surface area contributed by atoms with E-state index in [1.165, 1.54) is 12.3 Å². The molecule has 0 aliphatic heterocycles. The largest absolute Gasteiger partial charge is 0.508 e. The molecule has 1 aromatic heterocycles. The van der Waals surface area contributed by atoms with Gasteiger partial charge in [-0.25, -0.2) is 0 Å². The van der Waals surface area contributed by atoms with Gasteiger partial charge in [-0.1, -0.05) is 12.1 Å². The van der Waals surface area contributed by atoms with Crippen molar-refractivity contribution in [1.82, 2.24) is 0 Å². The Bertz CT molecular complexity index is 905. The van der Waals surface area contributed by atoms with Gasteiger partial charge in [-0.2, -0.15) is 0 Å². The van der Waals surface area contributed by atoms with Gasteiger partial charge >= 0.3 is 0 Å². The molecule has 0 atom stereocenters. The van der Waals surface area contributed by atoms with E-state index < -0.39 is 0 Å². The molecule has 0 bridgehead atoms. The summed E-state index contributed by atoms with van der Waals surface area (Å²) in [6, 6.07) is 8.65. The highest BCUT2D eigenvalue weighted by Crippen LogP contribution is 2.29. The minimum Gasteiger partial charge on any atom is -0.508 e. The molecule has 0 saturated carbocycles. The Labute approximate surface area is 127 Å². The van der Waals surface area contributed by atoms with Crippen LogP contribution in [0.4, 0.5) is 0 Å². The minimum absolute atomic E-state index is 0.101. The van der Waals surface area contributed by atoms with E-state index in [1.807, 2.05) is 6.92 Å². The Hall–Kier alpha value is -2.75. The lowest BCUT2D eigenvalue weighted by Gasteiger charge is -2.09. The van der Waals surface area contributed by atoms with E-state index in [9.17, 15) is 9.90 Å². The summed E-state index contributed by atoms with van der Waals surface area (Å²) in [6.45, 7) is 3.62. The maximum absolute atomic E-state index is 12.7. The Morgan fingerprint density at radius 3 is 2.41 bits per heavy atom. The molecule has 0 aliphatic carbocycles. The lowest BCUT2D eigenvalue weighted by atomic mass is 10.0. The first-order chi connectivity index (χ1) is 10.5. The number of aromatic hydroxyl groups is 1. The van der Waals surface area contributed by atoms with Crippen molar-refractivity contribution in [2.24, 2.45) is 0 Å². The fourth-order valence-corrected chi connectivity index (χ4v) is 2.48. The van der Waals surface area contributed by atoms with E-state index in [1.54, 1.807) is 38.3 Å². The van der Waals surface area contributed by atoms with Gasteiger partial charge in [0.1, 0.15) is 23.3 Å². The number of aryl methyl sites for hydroxylation is 1. The molecule has 0 unspecified atom stereocenters. The maximum Gasteiger partial charge on any atom is 0.200 e. The molecule has 0 amide bonds. The first kappa shape index (κ1) is 14.2. The molecule has 22 heavy (non-hydrogen) atoms. The van der Waals surface area contributed by atoms with Crippen LogP contribution in [0.2, 0.25) is 0 Å². The van der Waals surface area contributed by atoms with Gasteiger partial charge in [-0.05, 0) is 48.7 Å². The van der Waals surface area contributed by atoms with Crippen molar-refractivity contribution in [2.75, 3.05) is 7.11 Å². The molecule has 0 fully saturated rings. The number of benzene rings is 2. The van der Waals surface area contributed by atoms with Crippen molar-refractivity contribution in [3.63, 3.8) is 0 Å². The van der Waals surface area contributed by atoms with Crippen LogP contribution in [0.3, 0.4) is 0 Å². The molecule has 0 spiro atoms. The average Bonchev–Trinajstić information content (AvgIpc) is 2.54. The zero-order valence-electron chi connectivity index (χ0n) is 12.6. The number of hydrogen-bond donors (Lipinski definition) is 1. The van der Waals surface area contributed by atoms with Crippen LogP contribution in [0.25, 0.3) is 22.1 Å². The smallest absolute Gasteiger partial charge is 0.200 e. The number of ether oxygens (including phenoxy) is 1. The van der Waals surface area contributed by atoms with Gasteiger partial charge in [0.25, 0.3) is 0 Å². The molecule has 2 aromatic carbocycles. The molecule has 1 N–H and O–H groups in total. The molecule has 112 valence electrons. The van der Waals surface area contributed by atoms with E-state index in [0.29, 0.717) is 22.1 Å². The SMILES string of the molecule is COc1ccc(-c2coc3c(C)c(C)c(O)cc3c2=O)cc1. The summed E-state index contributed by atoms with van der Waals surface area (Å²) < 4.78 is 10.8. The zero-order valence-corrected chi connectivity index (χ0v) is 12.6. The molecule has 4 heteroatoms. The summed E-state index contributed by atoms with van der Waals surface area (Å²) >= 11 is 0. The summed E-state index contributed by atoms with van der Waals surface area (Å²) in [6.07, 6.45) is 1.47. The highest BCUT2D eigenvalue weighted by molar-refractivity contribution is 5.86. The van der Waals surface area contributed by atoms with Gasteiger partial charge in [-0.3, -0.25) is 4.79 Å². The summed E-state index contributed by atoms with van der Waals surface area (Å²) in [5.74, 6) is 0.822. The zero-order chi connectivity index (χ0) is 15.9. The molecule has 0 aliphatic rings. The van der Waals surface area contributed by atoms with Gasteiger partial charge < -0.3 is 14.3 Å². The van der Waals surface area contributed by atoms with Crippen LogP contribution in [0.1, 0.15) is 11.1 Å². The maximum atomic E-state index is 12.7. The molecule has 1 heterocycles. The Morgan fingerprint density at radius 2 is 1.77 bits per heavy atom. The van der Waals surface area contributed by atoms with Crippen LogP contribution in [0, 0.1) is 13.8 Å². The lowest BCUT2D eigenvalue weighted by molar-refractivity contribution is 0.415. The van der Waals surface area contributed by atoms with Crippen LogP contribution in [0.5, 0.6) is 11.5 Å². The van der Waals surface area contributed by atoms with Gasteiger partial charge in [0.15, 0.2) is 0 Å². The topological polar surface area (TPSA) is 59.7 Å². The van der Waals surface area contributed by atoms with Crippen LogP contribution in [0.15, 0.2) is 45.8 Å². The summed E-state index contributed by atoms with van der Waals surface area (Å²) in [7, 11) is 1.59. The molecule has 3 aromatic rings. The van der Waals surface area contributed by atoms with Gasteiger partial charge in [0, 0.05) is 0 Å². The lowest BCUT2D eigenvalue weighted by Crippen LogP contribution is -2.06. The Balaban J connectivity index is 2.26. The third-order valence-corrected chi connectivity index (χ3v) is 4.00. The highest BCUT2D eigenvalue weighted by atomic mass is 16.5. The normalized spacial score (nSPS) is 10.9. The van der Waals surface area contributed by atoms with E-state index in [2.05, 4.69) is 0 Å². The average molecular weight is 296 g/mol. The van der Waals surface area contributed by atoms with Gasteiger partial charge in [-0.15, -0.1) is 0 Å². The summed E-state index contributed by atoms with van der Waals surface area (Å²) in [5, 5.41) is 10.3. The Kier molecular flexibility index (Phi) is 3.37. The van der Waals surface area contributed by atoms with Crippen molar-refractivity contribution >= 4 is 11.0 Å². The predicted octanol–water partition coefficient (Wildman–Crippen LogP) is 3.79. The quantitative estimate of drug-likeness (QED) is 0.781. The number of hydrogen-bond acceptors (Lipinski definition) is 4. The molecule has 0 saturated heterocycles. The van der Waals surface area contributed by atoms with Gasteiger partial charge in [0.2, 0.25) is 5.43 Å². The molecular weight excluding hydrogens is 280 g/mol. The van der Waals surface area contributed by atoms with Crippen molar-refractivity contribution in [1.29, 1.82) is 0 Å². The van der Waals surface area contributed by atoms with E-state index >= 15 is 0 Å². The monoisotopic (exact) mass is 296 g/mol. The second-order valence-electron chi connectivity index (χ2n) is 5.23. The number of fused-ring (bicyclic) bond motifs is 1. The van der Waals surface area contributed by atoms with E-state index in [-0.39, 0.29) is 11.2 Å². The van der Waals surface area contributed by atoms with Crippen molar-refractivity contribution in [3.8, 4) is 22.6 Å². The molecule has 4 nitrogen and oxygen atoms in total. The predicted molar refractivity (Wildman–Crippen MR) is 85.6 cm³/mol. The highest BCUT2D eigenvalue weighted by Gasteiger charge is 2.14. The summed E-state index contributed by atoms with van der Waals surface area (Å²) in [4.78, 5) is 12.7. The number of phenolic OH excluding ortho intramolecular Hbond substituents is 1. The van der Waals surface area contributed by atoms with Gasteiger partial charge in [0.05, 0.1) is 18.1 Å². The van der Waals surface area contributed by atoms with Crippen LogP contribution < -0.4 is 10.2 Å². The first-order valence-electron chi connectivity index (χ1n) is 6.92. The first-order valence-corrected chi connectivity index (χ1v) is 6.92. The third-order valence-electron chi connectivity index (χ3n) is 4.00. The van der Waals surface area contributed by atoms with Crippen LogP contribution in [-0.2, 0) is 0 Å². The number of phenols is 1. The second kappa shape index (κ2) is 5.22. The Morgan fingerprint density at radius 1 is 1.09 bits per heavy atom. The standard InChI is InChI=1S/C18H16O4/c1-10-11(2)18-14(8-16(10)19)17(20)15(9-22-18)12-4-6-13(21-3)7-5-12/h4-9,19H,1-3H3. The van der Waals surface area contributed by atoms with E-state index in [4.69, 9.17) is 9.15 Å². The second-order valence-corrected chi connectivity index (χ2v) is 5.23. The fourth-order valence-electron chi connectivity index (χ4n) is 2.48. The molecule has 0 radical (unpaired) electrons. The number of methoxy groups -OCH3 is 1. The van der Waals surface area contributed by atoms with Crippen LogP contribution >= 0.6 is 0 Å². The molecular formula is C18H16O4. The van der Waals surface area contributed by atoms with Crippen molar-refractivity contribution in [2.45, 2.75) is 13.8 Å². The fraction of sp³-hybridized carbons (Fsp3) is 0.167. The van der Waals surface area contributed by atoms with Crippen LogP contribution in [-0.4, -0.2) is 12.2 Å². The minimum atomic E-state index is -0.162. The summed E-state index contributed by atoms with van der Waals surface area (Å²) in [5.41, 5.74) is 3.04. The third kappa shape index (κ3) is 2.13. The van der Waals surface area contributed by atoms with Crippen molar-refractivity contribution < 1.29 is 14.3 Å². The number of rotatable bonds is 2. The molecule has 3 rings (SSSR count).